The molecule has 3 rings (SSSR count). The molecule has 1 aromatic rings. The Labute approximate surface area is 137 Å². The zero-order valence-electron chi connectivity index (χ0n) is 13.0. The van der Waals surface area contributed by atoms with Crippen LogP contribution in [0.5, 0.6) is 0 Å². The number of nitrogens with zero attached hydrogens (tertiary/aromatic N) is 3. The number of carbonyl (C=O) groups is 5. The number of imide groups is 2. The van der Waals surface area contributed by atoms with Crippen LogP contribution in [0.1, 0.15) is 23.2 Å². The molecule has 1 aromatic carbocycles. The largest absolute Gasteiger partial charge is 0.332 e. The Kier molecular flexibility index (Phi) is 3.88. The molecular weight excluding hydrogens is 314 g/mol. The van der Waals surface area contributed by atoms with Gasteiger partial charge in [-0.05, 0) is 12.1 Å². The van der Waals surface area contributed by atoms with E-state index < -0.39 is 30.2 Å². The lowest BCUT2D eigenvalue weighted by atomic mass is 10.1. The molecule has 0 aromatic heterocycles. The molecule has 0 N–H and O–H groups in total. The molecule has 1 fully saturated rings. The summed E-state index contributed by atoms with van der Waals surface area (Å²) in [5, 5.41) is 0. The summed E-state index contributed by atoms with van der Waals surface area (Å²) in [7, 11) is 1.47. The van der Waals surface area contributed by atoms with Crippen LogP contribution in [0.25, 0.3) is 0 Å². The maximum absolute atomic E-state index is 12.6. The molecule has 0 aliphatic carbocycles. The molecule has 8 heteroatoms. The van der Waals surface area contributed by atoms with E-state index in [1.807, 2.05) is 0 Å². The lowest BCUT2D eigenvalue weighted by Crippen LogP contribution is -2.47. The number of para-hydroxylation sites is 1. The second-order valence-electron chi connectivity index (χ2n) is 5.67. The fraction of sp³-hybridized carbons (Fsp3) is 0.312. The van der Waals surface area contributed by atoms with E-state index in [0.717, 1.165) is 9.80 Å². The van der Waals surface area contributed by atoms with Gasteiger partial charge in [-0.1, -0.05) is 12.1 Å². The molecular formula is C16H15N3O5. The number of carbonyl (C=O) groups excluding carboxylic acids is 5. The number of fused-ring (bicyclic) bond motifs is 1. The van der Waals surface area contributed by atoms with E-state index in [9.17, 15) is 24.0 Å². The maximum atomic E-state index is 12.6. The molecule has 0 atom stereocenters. The molecule has 1 saturated heterocycles. The Bertz CT molecular complexity index is 757. The van der Waals surface area contributed by atoms with Crippen LogP contribution >= 0.6 is 0 Å². The summed E-state index contributed by atoms with van der Waals surface area (Å²) < 4.78 is 0. The average molecular weight is 329 g/mol. The van der Waals surface area contributed by atoms with E-state index in [-0.39, 0.29) is 36.5 Å². The Balaban J connectivity index is 1.96. The number of anilines is 1. The van der Waals surface area contributed by atoms with Crippen LogP contribution in [0, 0.1) is 0 Å². The van der Waals surface area contributed by atoms with Gasteiger partial charge in [0.2, 0.25) is 11.8 Å². The van der Waals surface area contributed by atoms with Crippen LogP contribution in [0.4, 0.5) is 5.69 Å². The molecule has 2 heterocycles. The second kappa shape index (κ2) is 5.88. The predicted molar refractivity (Wildman–Crippen MR) is 81.8 cm³/mol. The quantitative estimate of drug-likeness (QED) is 0.699. The van der Waals surface area contributed by atoms with Crippen LogP contribution in [0.15, 0.2) is 24.3 Å². The van der Waals surface area contributed by atoms with Gasteiger partial charge in [-0.2, -0.15) is 0 Å². The van der Waals surface area contributed by atoms with Gasteiger partial charge in [-0.15, -0.1) is 0 Å². The first kappa shape index (κ1) is 15.9. The summed E-state index contributed by atoms with van der Waals surface area (Å²) in [5.74, 6) is -2.53. The molecule has 8 nitrogen and oxygen atoms in total. The molecule has 0 unspecified atom stereocenters. The summed E-state index contributed by atoms with van der Waals surface area (Å²) in [6.07, 6.45) is 0.135. The molecule has 24 heavy (non-hydrogen) atoms. The zero-order chi connectivity index (χ0) is 17.4. The number of hydrogen-bond donors (Lipinski definition) is 0. The summed E-state index contributed by atoms with van der Waals surface area (Å²) in [5.41, 5.74) is 0.388. The average Bonchev–Trinajstić information content (AvgIpc) is 2.81. The van der Waals surface area contributed by atoms with Crippen LogP contribution < -0.4 is 4.90 Å². The Morgan fingerprint density at radius 3 is 2.29 bits per heavy atom. The van der Waals surface area contributed by atoms with Gasteiger partial charge < -0.3 is 4.90 Å². The van der Waals surface area contributed by atoms with Gasteiger partial charge in [-0.3, -0.25) is 28.9 Å². The van der Waals surface area contributed by atoms with Crippen molar-refractivity contribution in [3.05, 3.63) is 29.8 Å². The van der Waals surface area contributed by atoms with Crippen molar-refractivity contribution in [2.75, 3.05) is 25.0 Å². The van der Waals surface area contributed by atoms with Gasteiger partial charge >= 0.3 is 0 Å². The first-order valence-electron chi connectivity index (χ1n) is 7.43. The van der Waals surface area contributed by atoms with Gasteiger partial charge in [0.25, 0.3) is 17.7 Å². The number of hydrogen-bond acceptors (Lipinski definition) is 5. The second-order valence-corrected chi connectivity index (χ2v) is 5.67. The number of likely N-dealkylation sites (tertiary alicyclic amines) is 1. The van der Waals surface area contributed by atoms with E-state index in [2.05, 4.69) is 0 Å². The number of benzene rings is 1. The van der Waals surface area contributed by atoms with Gasteiger partial charge in [0.1, 0.15) is 13.1 Å². The fourth-order valence-electron chi connectivity index (χ4n) is 2.81. The third-order valence-electron chi connectivity index (χ3n) is 4.04. The molecule has 0 saturated carbocycles. The first-order valence-corrected chi connectivity index (χ1v) is 7.43. The van der Waals surface area contributed by atoms with Crippen LogP contribution in [-0.4, -0.2) is 59.5 Å². The van der Waals surface area contributed by atoms with Gasteiger partial charge in [-0.25, -0.2) is 4.90 Å². The molecule has 2 aliphatic rings. The van der Waals surface area contributed by atoms with Crippen LogP contribution in [0.2, 0.25) is 0 Å². The summed E-state index contributed by atoms with van der Waals surface area (Å²) in [6.45, 7) is -0.767. The zero-order valence-corrected chi connectivity index (χ0v) is 13.0. The lowest BCUT2D eigenvalue weighted by molar-refractivity contribution is -0.142. The molecule has 0 spiro atoms. The predicted octanol–water partition coefficient (Wildman–Crippen LogP) is -0.219. The SMILES string of the molecule is CN1CC(=O)N(C(=O)CN2C(=O)CCC2=O)c2ccccc2C1=O. The van der Waals surface area contributed by atoms with Crippen molar-refractivity contribution in [1.29, 1.82) is 0 Å². The lowest BCUT2D eigenvalue weighted by Gasteiger charge is -2.22. The highest BCUT2D eigenvalue weighted by molar-refractivity contribution is 6.22. The Morgan fingerprint density at radius 2 is 1.62 bits per heavy atom. The van der Waals surface area contributed by atoms with Gasteiger partial charge in [0, 0.05) is 19.9 Å². The van der Waals surface area contributed by atoms with E-state index >= 15 is 0 Å². The van der Waals surface area contributed by atoms with E-state index in [4.69, 9.17) is 0 Å². The van der Waals surface area contributed by atoms with E-state index in [1.165, 1.54) is 24.1 Å². The van der Waals surface area contributed by atoms with Crippen molar-refractivity contribution < 1.29 is 24.0 Å². The Morgan fingerprint density at radius 1 is 1.00 bits per heavy atom. The maximum Gasteiger partial charge on any atom is 0.256 e. The highest BCUT2D eigenvalue weighted by atomic mass is 16.2. The monoisotopic (exact) mass is 329 g/mol. The smallest absolute Gasteiger partial charge is 0.256 e. The normalized spacial score (nSPS) is 18.1. The van der Waals surface area contributed by atoms with Crippen molar-refractivity contribution in [2.24, 2.45) is 0 Å². The Hall–Kier alpha value is -3.03. The minimum Gasteiger partial charge on any atom is -0.332 e. The highest BCUT2D eigenvalue weighted by Gasteiger charge is 2.37. The fourth-order valence-corrected chi connectivity index (χ4v) is 2.81. The summed E-state index contributed by atoms with van der Waals surface area (Å²) >= 11 is 0. The topological polar surface area (TPSA) is 95.1 Å². The number of rotatable bonds is 2. The van der Waals surface area contributed by atoms with E-state index in [0.29, 0.717) is 0 Å². The van der Waals surface area contributed by atoms with Crippen molar-refractivity contribution in [1.82, 2.24) is 9.80 Å². The van der Waals surface area contributed by atoms with Crippen LogP contribution in [-0.2, 0) is 19.2 Å². The van der Waals surface area contributed by atoms with Crippen molar-refractivity contribution in [2.45, 2.75) is 12.8 Å². The minimum absolute atomic E-state index is 0.0673. The molecule has 0 radical (unpaired) electrons. The summed E-state index contributed by atoms with van der Waals surface area (Å²) in [4.78, 5) is 63.7. The summed E-state index contributed by atoms with van der Waals surface area (Å²) in [6, 6.07) is 6.27. The van der Waals surface area contributed by atoms with Gasteiger partial charge in [0.05, 0.1) is 11.3 Å². The third kappa shape index (κ3) is 2.55. The molecule has 2 aliphatic heterocycles. The molecule has 0 bridgehead atoms. The molecule has 124 valence electrons. The van der Waals surface area contributed by atoms with E-state index in [1.54, 1.807) is 12.1 Å². The van der Waals surface area contributed by atoms with Gasteiger partial charge in [0.15, 0.2) is 0 Å². The first-order chi connectivity index (χ1) is 11.4. The number of amides is 5. The van der Waals surface area contributed by atoms with Crippen molar-refractivity contribution in [3.8, 4) is 0 Å². The van der Waals surface area contributed by atoms with Crippen LogP contribution in [0.3, 0.4) is 0 Å². The standard InChI is InChI=1S/C16H15N3O5/c1-17-8-14(22)19(11-5-3-2-4-10(11)16(17)24)15(23)9-18-12(20)6-7-13(18)21/h2-5H,6-9H2,1H3. The van der Waals surface area contributed by atoms with Crippen molar-refractivity contribution >= 4 is 35.2 Å². The molecule has 5 amide bonds. The minimum atomic E-state index is -0.709. The highest BCUT2D eigenvalue weighted by Crippen LogP contribution is 2.25. The third-order valence-corrected chi connectivity index (χ3v) is 4.04. The van der Waals surface area contributed by atoms with Crippen molar-refractivity contribution in [3.63, 3.8) is 0 Å². The number of likely N-dealkylation sites (N-methyl/N-ethyl adjacent to an activating group) is 1.